The van der Waals surface area contributed by atoms with Gasteiger partial charge >= 0.3 is 0 Å². The molecule has 2 heterocycles. The van der Waals surface area contributed by atoms with Crippen molar-refractivity contribution in [1.29, 1.82) is 5.26 Å². The van der Waals surface area contributed by atoms with Gasteiger partial charge in [0.2, 0.25) is 0 Å². The largest absolute Gasteiger partial charge is 0.333 e. The Labute approximate surface area is 119 Å². The molecule has 106 valence electrons. The molecular weight excluding hydrogens is 252 g/mol. The molecule has 20 heavy (non-hydrogen) atoms. The van der Waals surface area contributed by atoms with Gasteiger partial charge in [-0.15, -0.1) is 0 Å². The van der Waals surface area contributed by atoms with Crippen LogP contribution in [0.3, 0.4) is 0 Å². The van der Waals surface area contributed by atoms with Crippen molar-refractivity contribution in [2.45, 2.75) is 38.8 Å². The monoisotopic (exact) mass is 272 g/mol. The Morgan fingerprint density at radius 2 is 2.40 bits per heavy atom. The Morgan fingerprint density at radius 1 is 1.60 bits per heavy atom. The van der Waals surface area contributed by atoms with Crippen molar-refractivity contribution in [2.24, 2.45) is 0 Å². The van der Waals surface area contributed by atoms with E-state index in [-0.39, 0.29) is 11.9 Å². The fraction of sp³-hybridized carbons (Fsp3) is 0.533. The van der Waals surface area contributed by atoms with Crippen LogP contribution in [0.25, 0.3) is 0 Å². The summed E-state index contributed by atoms with van der Waals surface area (Å²) in [5, 5.41) is 12.2. The van der Waals surface area contributed by atoms with Crippen molar-refractivity contribution in [3.8, 4) is 6.07 Å². The number of nitrogens with zero attached hydrogens (tertiary/aromatic N) is 3. The molecule has 0 bridgehead atoms. The molecule has 1 aliphatic heterocycles. The molecule has 0 saturated carbocycles. The average molecular weight is 272 g/mol. The van der Waals surface area contributed by atoms with Crippen molar-refractivity contribution < 1.29 is 4.79 Å². The molecule has 1 aromatic heterocycles. The van der Waals surface area contributed by atoms with Crippen LogP contribution in [0, 0.1) is 11.3 Å². The zero-order valence-corrected chi connectivity index (χ0v) is 12.0. The third kappa shape index (κ3) is 3.34. The number of amides is 1. The zero-order valence-electron chi connectivity index (χ0n) is 12.0. The number of carbonyl (C=O) groups is 1. The summed E-state index contributed by atoms with van der Waals surface area (Å²) >= 11 is 0. The predicted molar refractivity (Wildman–Crippen MR) is 76.1 cm³/mol. The molecule has 1 amide bonds. The molecule has 5 heteroatoms. The SMILES string of the molecule is CC(C)N(CC1CCCN1)C(=O)c1ccc(C#N)cn1. The zero-order chi connectivity index (χ0) is 14.5. The molecule has 0 spiro atoms. The van der Waals surface area contributed by atoms with Gasteiger partial charge in [-0.05, 0) is 45.4 Å². The third-order valence-electron chi connectivity index (χ3n) is 3.58. The molecule has 0 aliphatic carbocycles. The molecule has 1 atom stereocenters. The highest BCUT2D eigenvalue weighted by Crippen LogP contribution is 2.12. The number of aromatic nitrogens is 1. The smallest absolute Gasteiger partial charge is 0.272 e. The van der Waals surface area contributed by atoms with Gasteiger partial charge in [-0.25, -0.2) is 4.98 Å². The van der Waals surface area contributed by atoms with Crippen LogP contribution >= 0.6 is 0 Å². The van der Waals surface area contributed by atoms with Crippen molar-refractivity contribution in [1.82, 2.24) is 15.2 Å². The van der Waals surface area contributed by atoms with Gasteiger partial charge in [-0.3, -0.25) is 4.79 Å². The van der Waals surface area contributed by atoms with Gasteiger partial charge in [0.1, 0.15) is 11.8 Å². The summed E-state index contributed by atoms with van der Waals surface area (Å²) in [4.78, 5) is 18.5. The van der Waals surface area contributed by atoms with Gasteiger partial charge in [-0.1, -0.05) is 0 Å². The first-order chi connectivity index (χ1) is 9.61. The number of nitriles is 1. The molecule has 0 aromatic carbocycles. The summed E-state index contributed by atoms with van der Waals surface area (Å²) in [5.41, 5.74) is 0.866. The standard InChI is InChI=1S/C15H20N4O/c1-11(2)19(10-13-4-3-7-17-13)15(20)14-6-5-12(8-16)9-18-14/h5-6,9,11,13,17H,3-4,7,10H2,1-2H3. The molecule has 1 N–H and O–H groups in total. The van der Waals surface area contributed by atoms with Crippen LogP contribution in [-0.4, -0.2) is 41.0 Å². The summed E-state index contributed by atoms with van der Waals surface area (Å²) in [6, 6.07) is 5.76. The highest BCUT2D eigenvalue weighted by Gasteiger charge is 2.25. The first-order valence-electron chi connectivity index (χ1n) is 7.02. The number of hydrogen-bond acceptors (Lipinski definition) is 4. The molecule has 1 aliphatic rings. The van der Waals surface area contributed by atoms with E-state index in [0.717, 1.165) is 13.0 Å². The summed E-state index contributed by atoms with van der Waals surface area (Å²) in [7, 11) is 0. The second kappa shape index (κ2) is 6.49. The van der Waals surface area contributed by atoms with Crippen molar-refractivity contribution >= 4 is 5.91 Å². The Bertz CT molecular complexity index is 498. The van der Waals surface area contributed by atoms with Gasteiger partial charge in [-0.2, -0.15) is 5.26 Å². The molecule has 1 unspecified atom stereocenters. The minimum atomic E-state index is -0.0711. The van der Waals surface area contributed by atoms with Crippen molar-refractivity contribution in [3.63, 3.8) is 0 Å². The molecule has 5 nitrogen and oxygen atoms in total. The van der Waals surface area contributed by atoms with Crippen LogP contribution in [0.15, 0.2) is 18.3 Å². The Hall–Kier alpha value is -1.93. The van der Waals surface area contributed by atoms with E-state index >= 15 is 0 Å². The maximum atomic E-state index is 12.5. The quantitative estimate of drug-likeness (QED) is 0.903. The average Bonchev–Trinajstić information content (AvgIpc) is 2.97. The third-order valence-corrected chi connectivity index (χ3v) is 3.58. The van der Waals surface area contributed by atoms with E-state index in [1.165, 1.54) is 12.6 Å². The maximum absolute atomic E-state index is 12.5. The molecule has 1 saturated heterocycles. The van der Waals surface area contributed by atoms with Gasteiger partial charge in [0.15, 0.2) is 0 Å². The number of nitrogens with one attached hydrogen (secondary N) is 1. The van der Waals surface area contributed by atoms with Crippen LogP contribution in [-0.2, 0) is 0 Å². The van der Waals surface area contributed by atoms with Gasteiger partial charge in [0.25, 0.3) is 5.91 Å². The van der Waals surface area contributed by atoms with E-state index in [9.17, 15) is 4.79 Å². The van der Waals surface area contributed by atoms with Crippen molar-refractivity contribution in [3.05, 3.63) is 29.6 Å². The molecule has 1 fully saturated rings. The second-order valence-corrected chi connectivity index (χ2v) is 5.39. The lowest BCUT2D eigenvalue weighted by atomic mass is 10.1. The van der Waals surface area contributed by atoms with E-state index in [2.05, 4.69) is 10.3 Å². The lowest BCUT2D eigenvalue weighted by Gasteiger charge is -2.29. The minimum absolute atomic E-state index is 0.0711. The number of rotatable bonds is 4. The Balaban J connectivity index is 2.11. The van der Waals surface area contributed by atoms with Crippen LogP contribution in [0.4, 0.5) is 0 Å². The van der Waals surface area contributed by atoms with Gasteiger partial charge in [0.05, 0.1) is 5.56 Å². The normalized spacial score (nSPS) is 18.0. The number of pyridine rings is 1. The Morgan fingerprint density at radius 3 is 2.90 bits per heavy atom. The first-order valence-corrected chi connectivity index (χ1v) is 7.02. The molecule has 1 aromatic rings. The van der Waals surface area contributed by atoms with Gasteiger partial charge in [0, 0.05) is 24.8 Å². The Kier molecular flexibility index (Phi) is 4.70. The van der Waals surface area contributed by atoms with E-state index in [0.29, 0.717) is 23.8 Å². The fourth-order valence-corrected chi connectivity index (χ4v) is 2.41. The predicted octanol–water partition coefficient (Wildman–Crippen LogP) is 1.56. The number of carbonyl (C=O) groups excluding carboxylic acids is 1. The minimum Gasteiger partial charge on any atom is -0.333 e. The molecular formula is C15H20N4O. The van der Waals surface area contributed by atoms with E-state index in [4.69, 9.17) is 5.26 Å². The summed E-state index contributed by atoms with van der Waals surface area (Å²) in [6.45, 7) is 5.76. The maximum Gasteiger partial charge on any atom is 0.272 e. The van der Waals surface area contributed by atoms with Crippen LogP contribution in [0.5, 0.6) is 0 Å². The van der Waals surface area contributed by atoms with E-state index < -0.39 is 0 Å². The van der Waals surface area contributed by atoms with Crippen LogP contribution < -0.4 is 5.32 Å². The highest BCUT2D eigenvalue weighted by atomic mass is 16.2. The topological polar surface area (TPSA) is 69.0 Å². The number of hydrogen-bond donors (Lipinski definition) is 1. The molecule has 2 rings (SSSR count). The first kappa shape index (κ1) is 14.5. The van der Waals surface area contributed by atoms with E-state index in [1.807, 2.05) is 24.8 Å². The lowest BCUT2D eigenvalue weighted by molar-refractivity contribution is 0.0683. The lowest BCUT2D eigenvalue weighted by Crippen LogP contribution is -2.45. The van der Waals surface area contributed by atoms with Crippen LogP contribution in [0.1, 0.15) is 42.7 Å². The summed E-state index contributed by atoms with van der Waals surface area (Å²) in [5.74, 6) is -0.0711. The second-order valence-electron chi connectivity index (χ2n) is 5.39. The fourth-order valence-electron chi connectivity index (χ4n) is 2.41. The summed E-state index contributed by atoms with van der Waals surface area (Å²) < 4.78 is 0. The van der Waals surface area contributed by atoms with E-state index in [1.54, 1.807) is 12.1 Å². The molecule has 0 radical (unpaired) electrons. The van der Waals surface area contributed by atoms with Gasteiger partial charge < -0.3 is 10.2 Å². The highest BCUT2D eigenvalue weighted by molar-refractivity contribution is 5.92. The summed E-state index contributed by atoms with van der Waals surface area (Å²) in [6.07, 6.45) is 3.72. The van der Waals surface area contributed by atoms with Crippen LogP contribution in [0.2, 0.25) is 0 Å². The van der Waals surface area contributed by atoms with Crippen molar-refractivity contribution in [2.75, 3.05) is 13.1 Å².